The molecule has 0 fully saturated rings. The van der Waals surface area contributed by atoms with E-state index in [1.165, 1.54) is 14.0 Å². The first-order chi connectivity index (χ1) is 12.0. The van der Waals surface area contributed by atoms with Crippen LogP contribution in [0.4, 0.5) is 0 Å². The number of methoxy groups -OCH3 is 1. The Kier molecular flexibility index (Phi) is 6.57. The summed E-state index contributed by atoms with van der Waals surface area (Å²) in [6, 6.07) is 14.7. The number of hydrogen-bond donors (Lipinski definition) is 0. The maximum atomic E-state index is 12.4. The number of carbonyl (C=O) groups is 2. The van der Waals surface area contributed by atoms with E-state index in [1.54, 1.807) is 23.1 Å². The fraction of sp³-hybridized carbons (Fsp3) is 0.300. The summed E-state index contributed by atoms with van der Waals surface area (Å²) in [6.07, 6.45) is 0. The molecule has 132 valence electrons. The topological polar surface area (TPSA) is 55.8 Å². The van der Waals surface area contributed by atoms with Crippen molar-refractivity contribution < 1.29 is 19.1 Å². The fourth-order valence-electron chi connectivity index (χ4n) is 2.42. The average molecular weight is 341 g/mol. The lowest BCUT2D eigenvalue weighted by Gasteiger charge is -2.21. The summed E-state index contributed by atoms with van der Waals surface area (Å²) in [5.41, 5.74) is 1.61. The molecule has 0 aromatic heterocycles. The molecule has 0 aliphatic heterocycles. The summed E-state index contributed by atoms with van der Waals surface area (Å²) in [5, 5.41) is 0. The van der Waals surface area contributed by atoms with Crippen LogP contribution in [0, 0.1) is 0 Å². The van der Waals surface area contributed by atoms with Crippen molar-refractivity contribution in [2.75, 3.05) is 20.3 Å². The van der Waals surface area contributed by atoms with Crippen LogP contribution in [-0.4, -0.2) is 36.9 Å². The number of ketones is 1. The van der Waals surface area contributed by atoms with E-state index in [1.807, 2.05) is 37.3 Å². The number of rotatable bonds is 8. The van der Waals surface area contributed by atoms with E-state index in [-0.39, 0.29) is 18.3 Å². The van der Waals surface area contributed by atoms with Gasteiger partial charge in [0.2, 0.25) is 0 Å². The maximum absolute atomic E-state index is 12.4. The number of nitrogens with zero attached hydrogens (tertiary/aromatic N) is 1. The minimum atomic E-state index is -0.107. The van der Waals surface area contributed by atoms with Gasteiger partial charge in [0.05, 0.1) is 7.11 Å². The highest BCUT2D eigenvalue weighted by Gasteiger charge is 2.15. The van der Waals surface area contributed by atoms with E-state index in [0.717, 1.165) is 5.56 Å². The molecule has 0 radical (unpaired) electrons. The number of ether oxygens (including phenoxy) is 2. The predicted octanol–water partition coefficient (Wildman–Crippen LogP) is 3.33. The van der Waals surface area contributed by atoms with E-state index in [2.05, 4.69) is 0 Å². The van der Waals surface area contributed by atoms with Gasteiger partial charge in [0.25, 0.3) is 5.91 Å². The van der Waals surface area contributed by atoms with Gasteiger partial charge in [-0.3, -0.25) is 9.59 Å². The van der Waals surface area contributed by atoms with Crippen molar-refractivity contribution in [1.29, 1.82) is 0 Å². The Balaban J connectivity index is 2.01. The molecule has 0 saturated heterocycles. The van der Waals surface area contributed by atoms with Crippen LogP contribution in [0.25, 0.3) is 0 Å². The van der Waals surface area contributed by atoms with Gasteiger partial charge in [-0.15, -0.1) is 0 Å². The monoisotopic (exact) mass is 341 g/mol. The van der Waals surface area contributed by atoms with Gasteiger partial charge in [0.15, 0.2) is 23.9 Å². The highest BCUT2D eigenvalue weighted by atomic mass is 16.5. The summed E-state index contributed by atoms with van der Waals surface area (Å²) in [6.45, 7) is 4.47. The number of likely N-dealkylation sites (N-methyl/N-ethyl adjacent to an activating group) is 1. The summed E-state index contributed by atoms with van der Waals surface area (Å²) in [4.78, 5) is 25.6. The van der Waals surface area contributed by atoms with Gasteiger partial charge in [-0.2, -0.15) is 0 Å². The second-order valence-electron chi connectivity index (χ2n) is 5.60. The standard InChI is InChI=1S/C20H23NO4/c1-4-21(13-16-8-6-5-7-9-16)20(23)14-25-18-11-10-17(15(2)22)12-19(18)24-3/h5-12H,4,13-14H2,1-3H3. The molecule has 0 N–H and O–H groups in total. The number of Topliss-reactive ketones (excluding diaryl/α,β-unsaturated/α-hetero) is 1. The molecule has 1 amide bonds. The molecule has 0 saturated carbocycles. The van der Waals surface area contributed by atoms with Crippen LogP contribution >= 0.6 is 0 Å². The third kappa shape index (κ3) is 5.08. The Hall–Kier alpha value is -2.82. The van der Waals surface area contributed by atoms with E-state index in [9.17, 15) is 9.59 Å². The van der Waals surface area contributed by atoms with E-state index in [4.69, 9.17) is 9.47 Å². The molecule has 0 spiro atoms. The Labute approximate surface area is 148 Å². The summed E-state index contributed by atoms with van der Waals surface area (Å²) < 4.78 is 10.9. The second kappa shape index (κ2) is 8.87. The van der Waals surface area contributed by atoms with Crippen molar-refractivity contribution in [3.63, 3.8) is 0 Å². The van der Waals surface area contributed by atoms with Crippen molar-refractivity contribution in [2.24, 2.45) is 0 Å². The lowest BCUT2D eigenvalue weighted by molar-refractivity contribution is -0.133. The molecule has 0 atom stereocenters. The van der Waals surface area contributed by atoms with Crippen LogP contribution in [0.15, 0.2) is 48.5 Å². The van der Waals surface area contributed by atoms with Crippen LogP contribution in [0.1, 0.15) is 29.8 Å². The van der Waals surface area contributed by atoms with Crippen molar-refractivity contribution in [3.8, 4) is 11.5 Å². The molecular weight excluding hydrogens is 318 g/mol. The highest BCUT2D eigenvalue weighted by molar-refractivity contribution is 5.94. The molecular formula is C20H23NO4. The maximum Gasteiger partial charge on any atom is 0.260 e. The molecule has 5 nitrogen and oxygen atoms in total. The summed E-state index contributed by atoms with van der Waals surface area (Å²) in [7, 11) is 1.50. The van der Waals surface area contributed by atoms with Crippen LogP contribution < -0.4 is 9.47 Å². The Morgan fingerprint density at radius 2 is 1.76 bits per heavy atom. The fourth-order valence-corrected chi connectivity index (χ4v) is 2.42. The zero-order valence-corrected chi connectivity index (χ0v) is 14.8. The summed E-state index contributed by atoms with van der Waals surface area (Å²) in [5.74, 6) is 0.716. The van der Waals surface area contributed by atoms with Crippen LogP contribution in [0.3, 0.4) is 0 Å². The van der Waals surface area contributed by atoms with Gasteiger partial charge in [0, 0.05) is 18.7 Å². The number of amides is 1. The smallest absolute Gasteiger partial charge is 0.260 e. The summed E-state index contributed by atoms with van der Waals surface area (Å²) >= 11 is 0. The predicted molar refractivity (Wildman–Crippen MR) is 96.0 cm³/mol. The zero-order chi connectivity index (χ0) is 18.2. The van der Waals surface area contributed by atoms with E-state index in [0.29, 0.717) is 30.2 Å². The molecule has 0 aliphatic rings. The van der Waals surface area contributed by atoms with Gasteiger partial charge < -0.3 is 14.4 Å². The molecule has 2 aromatic rings. The third-order valence-corrected chi connectivity index (χ3v) is 3.87. The minimum absolute atomic E-state index is 0.0547. The number of hydrogen-bond acceptors (Lipinski definition) is 4. The molecule has 0 bridgehead atoms. The van der Waals surface area contributed by atoms with Crippen molar-refractivity contribution in [2.45, 2.75) is 20.4 Å². The normalized spacial score (nSPS) is 10.2. The van der Waals surface area contributed by atoms with Crippen LogP contribution in [0.2, 0.25) is 0 Å². The van der Waals surface area contributed by atoms with Gasteiger partial charge in [-0.1, -0.05) is 30.3 Å². The number of benzene rings is 2. The largest absolute Gasteiger partial charge is 0.493 e. The Bertz CT molecular complexity index is 728. The van der Waals surface area contributed by atoms with Gasteiger partial charge >= 0.3 is 0 Å². The first-order valence-corrected chi connectivity index (χ1v) is 8.18. The third-order valence-electron chi connectivity index (χ3n) is 3.87. The molecule has 2 rings (SSSR count). The second-order valence-corrected chi connectivity index (χ2v) is 5.60. The first kappa shape index (κ1) is 18.5. The molecule has 0 unspecified atom stereocenters. The van der Waals surface area contributed by atoms with Crippen molar-refractivity contribution in [1.82, 2.24) is 4.90 Å². The van der Waals surface area contributed by atoms with Crippen LogP contribution in [0.5, 0.6) is 11.5 Å². The van der Waals surface area contributed by atoms with Gasteiger partial charge in [-0.05, 0) is 37.6 Å². The molecule has 25 heavy (non-hydrogen) atoms. The van der Waals surface area contributed by atoms with E-state index >= 15 is 0 Å². The Morgan fingerprint density at radius 3 is 2.36 bits per heavy atom. The van der Waals surface area contributed by atoms with Gasteiger partial charge in [0.1, 0.15) is 0 Å². The minimum Gasteiger partial charge on any atom is -0.493 e. The lowest BCUT2D eigenvalue weighted by atomic mass is 10.1. The Morgan fingerprint density at radius 1 is 1.04 bits per heavy atom. The molecule has 0 heterocycles. The highest BCUT2D eigenvalue weighted by Crippen LogP contribution is 2.28. The SMILES string of the molecule is CCN(Cc1ccccc1)C(=O)COc1ccc(C(C)=O)cc1OC. The lowest BCUT2D eigenvalue weighted by Crippen LogP contribution is -2.34. The quantitative estimate of drug-likeness (QED) is 0.691. The average Bonchev–Trinajstić information content (AvgIpc) is 2.64. The zero-order valence-electron chi connectivity index (χ0n) is 14.8. The van der Waals surface area contributed by atoms with Crippen molar-refractivity contribution >= 4 is 11.7 Å². The van der Waals surface area contributed by atoms with Crippen LogP contribution in [-0.2, 0) is 11.3 Å². The molecule has 2 aromatic carbocycles. The number of carbonyl (C=O) groups excluding carboxylic acids is 2. The van der Waals surface area contributed by atoms with E-state index < -0.39 is 0 Å². The van der Waals surface area contributed by atoms with Gasteiger partial charge in [-0.25, -0.2) is 0 Å². The first-order valence-electron chi connectivity index (χ1n) is 8.18. The molecule has 5 heteroatoms. The van der Waals surface area contributed by atoms with Crippen molar-refractivity contribution in [3.05, 3.63) is 59.7 Å². The molecule has 0 aliphatic carbocycles.